The summed E-state index contributed by atoms with van der Waals surface area (Å²) < 4.78 is 6.38. The first-order chi connectivity index (χ1) is 16.9. The fourth-order valence-corrected chi connectivity index (χ4v) is 3.81. The number of nitrogens with zero attached hydrogens (tertiary/aromatic N) is 2. The summed E-state index contributed by atoms with van der Waals surface area (Å²) in [6, 6.07) is 22.4. The van der Waals surface area contributed by atoms with Crippen LogP contribution in [-0.4, -0.2) is 34.6 Å². The fraction of sp³-hybridized carbons (Fsp3) is 0.111. The summed E-state index contributed by atoms with van der Waals surface area (Å²) >= 11 is 6.10. The van der Waals surface area contributed by atoms with Gasteiger partial charge in [0, 0.05) is 29.6 Å². The summed E-state index contributed by atoms with van der Waals surface area (Å²) in [4.78, 5) is 37.0. The standard InChI is InChI=1S/C27H22ClN3O4/c1-31-21(16-25(32)18-6-5-7-19(14-18)27(34)35-2)15-24(30-31)17-10-12-20(13-11-17)29-26(33)22-8-3-4-9-23(22)28/h3-15H,16H2,1-2H3,(H,29,33). The number of benzene rings is 3. The predicted molar refractivity (Wildman–Crippen MR) is 134 cm³/mol. The highest BCUT2D eigenvalue weighted by Crippen LogP contribution is 2.23. The van der Waals surface area contributed by atoms with Crippen LogP contribution in [0, 0.1) is 0 Å². The van der Waals surface area contributed by atoms with Crippen molar-refractivity contribution in [3.05, 3.63) is 106 Å². The van der Waals surface area contributed by atoms with Gasteiger partial charge in [0.1, 0.15) is 0 Å². The minimum absolute atomic E-state index is 0.125. The number of ether oxygens (including phenoxy) is 1. The smallest absolute Gasteiger partial charge is 0.337 e. The van der Waals surface area contributed by atoms with Gasteiger partial charge in [0.05, 0.1) is 35.4 Å². The highest BCUT2D eigenvalue weighted by Gasteiger charge is 2.15. The third-order valence-corrected chi connectivity index (χ3v) is 5.81. The second kappa shape index (κ2) is 10.4. The minimum atomic E-state index is -0.492. The normalized spacial score (nSPS) is 10.6. The number of hydrogen-bond acceptors (Lipinski definition) is 5. The van der Waals surface area contributed by atoms with Gasteiger partial charge in [-0.1, -0.05) is 48.0 Å². The Hall–Kier alpha value is -4.23. The van der Waals surface area contributed by atoms with Gasteiger partial charge in [0.25, 0.3) is 5.91 Å². The maximum atomic E-state index is 12.8. The highest BCUT2D eigenvalue weighted by atomic mass is 35.5. The van der Waals surface area contributed by atoms with Crippen LogP contribution in [0.2, 0.25) is 5.02 Å². The Bertz CT molecular complexity index is 1410. The third-order valence-electron chi connectivity index (χ3n) is 5.48. The molecule has 0 aliphatic carbocycles. The number of carbonyl (C=O) groups excluding carboxylic acids is 3. The summed E-state index contributed by atoms with van der Waals surface area (Å²) in [5.74, 6) is -0.921. The Morgan fingerprint density at radius 1 is 0.943 bits per heavy atom. The van der Waals surface area contributed by atoms with Crippen LogP contribution in [0.25, 0.3) is 11.3 Å². The molecule has 4 aromatic rings. The number of amides is 1. The molecule has 0 radical (unpaired) electrons. The molecule has 0 saturated carbocycles. The lowest BCUT2D eigenvalue weighted by Crippen LogP contribution is -2.12. The van der Waals surface area contributed by atoms with E-state index in [1.807, 2.05) is 18.2 Å². The fourth-order valence-electron chi connectivity index (χ4n) is 3.58. The lowest BCUT2D eigenvalue weighted by atomic mass is 10.0. The summed E-state index contributed by atoms with van der Waals surface area (Å²) in [6.45, 7) is 0. The van der Waals surface area contributed by atoms with E-state index >= 15 is 0 Å². The zero-order valence-electron chi connectivity index (χ0n) is 19.1. The molecule has 1 heterocycles. The van der Waals surface area contributed by atoms with E-state index in [9.17, 15) is 14.4 Å². The zero-order chi connectivity index (χ0) is 24.9. The first kappa shape index (κ1) is 23.9. The molecular formula is C27H22ClN3O4. The average molecular weight is 488 g/mol. The number of hydrogen-bond donors (Lipinski definition) is 1. The molecule has 35 heavy (non-hydrogen) atoms. The van der Waals surface area contributed by atoms with Gasteiger partial charge in [0.15, 0.2) is 5.78 Å². The van der Waals surface area contributed by atoms with E-state index in [2.05, 4.69) is 10.4 Å². The molecule has 3 aromatic carbocycles. The maximum Gasteiger partial charge on any atom is 0.337 e. The molecule has 7 nitrogen and oxygen atoms in total. The Morgan fingerprint density at radius 2 is 1.66 bits per heavy atom. The van der Waals surface area contributed by atoms with Crippen LogP contribution < -0.4 is 5.32 Å². The highest BCUT2D eigenvalue weighted by molar-refractivity contribution is 6.34. The van der Waals surface area contributed by atoms with E-state index < -0.39 is 5.97 Å². The van der Waals surface area contributed by atoms with Crippen LogP contribution in [0.4, 0.5) is 5.69 Å². The molecule has 0 spiro atoms. The Morgan fingerprint density at radius 3 is 2.37 bits per heavy atom. The molecular weight excluding hydrogens is 466 g/mol. The van der Waals surface area contributed by atoms with Crippen LogP contribution in [0.1, 0.15) is 36.8 Å². The quantitative estimate of drug-likeness (QED) is 0.285. The predicted octanol–water partition coefficient (Wildman–Crippen LogP) is 5.20. The van der Waals surface area contributed by atoms with Gasteiger partial charge >= 0.3 is 5.97 Å². The number of anilines is 1. The number of Topliss-reactive ketones (excluding diaryl/α,β-unsaturated/α-hetero) is 1. The molecule has 1 N–H and O–H groups in total. The largest absolute Gasteiger partial charge is 0.465 e. The van der Waals surface area contributed by atoms with Crippen molar-refractivity contribution in [3.63, 3.8) is 0 Å². The Labute approximate surface area is 207 Å². The zero-order valence-corrected chi connectivity index (χ0v) is 19.9. The van der Waals surface area contributed by atoms with Gasteiger partial charge < -0.3 is 10.1 Å². The van der Waals surface area contributed by atoms with Gasteiger partial charge in [-0.3, -0.25) is 14.3 Å². The van der Waals surface area contributed by atoms with Crippen molar-refractivity contribution in [2.45, 2.75) is 6.42 Å². The maximum absolute atomic E-state index is 12.8. The molecule has 0 atom stereocenters. The SMILES string of the molecule is COC(=O)c1cccc(C(=O)Cc2cc(-c3ccc(NC(=O)c4ccccc4Cl)cc3)nn2C)c1. The van der Waals surface area contributed by atoms with Crippen molar-refractivity contribution in [3.8, 4) is 11.3 Å². The van der Waals surface area contributed by atoms with E-state index in [4.69, 9.17) is 16.3 Å². The number of rotatable bonds is 7. The first-order valence-electron chi connectivity index (χ1n) is 10.8. The Kier molecular flexibility index (Phi) is 7.08. The molecule has 0 bridgehead atoms. The van der Waals surface area contributed by atoms with Gasteiger partial charge in [-0.15, -0.1) is 0 Å². The number of aromatic nitrogens is 2. The number of esters is 1. The van der Waals surface area contributed by atoms with Crippen molar-refractivity contribution in [2.75, 3.05) is 12.4 Å². The minimum Gasteiger partial charge on any atom is -0.465 e. The lowest BCUT2D eigenvalue weighted by Gasteiger charge is -2.07. The summed E-state index contributed by atoms with van der Waals surface area (Å²) in [5.41, 5.74) is 4.03. The molecule has 0 aliphatic rings. The van der Waals surface area contributed by atoms with Gasteiger partial charge in [-0.2, -0.15) is 5.10 Å². The molecule has 0 fully saturated rings. The van der Waals surface area contributed by atoms with E-state index in [1.54, 1.807) is 66.3 Å². The van der Waals surface area contributed by atoms with Crippen molar-refractivity contribution in [1.29, 1.82) is 0 Å². The Balaban J connectivity index is 1.46. The molecule has 4 rings (SSSR count). The van der Waals surface area contributed by atoms with Crippen molar-refractivity contribution >= 4 is 34.9 Å². The monoisotopic (exact) mass is 487 g/mol. The second-order valence-corrected chi connectivity index (χ2v) is 8.24. The lowest BCUT2D eigenvalue weighted by molar-refractivity contribution is 0.0600. The molecule has 176 valence electrons. The number of ketones is 1. The van der Waals surface area contributed by atoms with Crippen LogP contribution in [0.15, 0.2) is 78.9 Å². The third kappa shape index (κ3) is 5.47. The van der Waals surface area contributed by atoms with E-state index in [-0.39, 0.29) is 18.1 Å². The average Bonchev–Trinajstić information content (AvgIpc) is 3.24. The number of nitrogens with one attached hydrogen (secondary N) is 1. The summed E-state index contributed by atoms with van der Waals surface area (Å²) in [6.07, 6.45) is 0.125. The van der Waals surface area contributed by atoms with E-state index in [1.165, 1.54) is 13.2 Å². The first-order valence-corrected chi connectivity index (χ1v) is 11.1. The second-order valence-electron chi connectivity index (χ2n) is 7.83. The number of carbonyl (C=O) groups is 3. The molecule has 0 aliphatic heterocycles. The topological polar surface area (TPSA) is 90.3 Å². The van der Waals surface area contributed by atoms with E-state index in [0.29, 0.717) is 33.1 Å². The van der Waals surface area contributed by atoms with Crippen molar-refractivity contribution in [1.82, 2.24) is 9.78 Å². The number of halogens is 1. The number of aryl methyl sites for hydroxylation is 1. The van der Waals surface area contributed by atoms with E-state index in [0.717, 1.165) is 11.3 Å². The molecule has 8 heteroatoms. The van der Waals surface area contributed by atoms with Crippen LogP contribution in [0.3, 0.4) is 0 Å². The summed E-state index contributed by atoms with van der Waals surface area (Å²) in [5, 5.41) is 7.73. The molecule has 0 saturated heterocycles. The number of methoxy groups -OCH3 is 1. The van der Waals surface area contributed by atoms with Gasteiger partial charge in [-0.25, -0.2) is 4.79 Å². The van der Waals surface area contributed by atoms with Crippen molar-refractivity contribution in [2.24, 2.45) is 7.05 Å². The van der Waals surface area contributed by atoms with Crippen molar-refractivity contribution < 1.29 is 19.1 Å². The summed E-state index contributed by atoms with van der Waals surface area (Å²) in [7, 11) is 3.07. The van der Waals surface area contributed by atoms with Gasteiger partial charge in [-0.05, 0) is 42.5 Å². The van der Waals surface area contributed by atoms with Crippen LogP contribution >= 0.6 is 11.6 Å². The van der Waals surface area contributed by atoms with Crippen LogP contribution in [-0.2, 0) is 18.2 Å². The van der Waals surface area contributed by atoms with Crippen LogP contribution in [0.5, 0.6) is 0 Å². The van der Waals surface area contributed by atoms with Gasteiger partial charge in [0.2, 0.25) is 0 Å². The molecule has 1 amide bonds. The molecule has 1 aromatic heterocycles. The molecule has 0 unspecified atom stereocenters.